The number of hydrazone groups is 1. The molecule has 0 aliphatic heterocycles. The number of hydrogen-bond donors (Lipinski definition) is 2. The van der Waals surface area contributed by atoms with Crippen LogP contribution in [0.1, 0.15) is 33.4 Å². The molecule has 10 heteroatoms. The number of carbonyl (C=O) groups is 3. The van der Waals surface area contributed by atoms with Crippen molar-refractivity contribution in [3.63, 3.8) is 0 Å². The summed E-state index contributed by atoms with van der Waals surface area (Å²) in [7, 11) is 0. The lowest BCUT2D eigenvalue weighted by Crippen LogP contribution is -2.35. The predicted octanol–water partition coefficient (Wildman–Crippen LogP) is 3.54. The maximum absolute atomic E-state index is 12.1. The molecule has 3 aromatic rings. The summed E-state index contributed by atoms with van der Waals surface area (Å²) < 4.78 is 16.5. The van der Waals surface area contributed by atoms with Gasteiger partial charge in [-0.3, -0.25) is 9.59 Å². The molecule has 0 saturated carbocycles. The fourth-order valence-electron chi connectivity index (χ4n) is 2.62. The number of nitrogens with one attached hydrogen (secondary N) is 2. The molecule has 0 spiro atoms. The van der Waals surface area contributed by atoms with Crippen LogP contribution < -0.4 is 20.2 Å². The van der Waals surface area contributed by atoms with Crippen molar-refractivity contribution in [1.29, 1.82) is 0 Å². The molecule has 0 aliphatic rings. The molecule has 1 aromatic heterocycles. The van der Waals surface area contributed by atoms with Gasteiger partial charge < -0.3 is 19.2 Å². The first-order valence-corrected chi connectivity index (χ1v) is 10.6. The molecule has 0 radical (unpaired) electrons. The molecule has 2 N–H and O–H groups in total. The normalized spacial score (nSPS) is 10.6. The topological polar surface area (TPSA) is 119 Å². The molecule has 0 bridgehead atoms. The van der Waals surface area contributed by atoms with Crippen molar-refractivity contribution < 1.29 is 28.3 Å². The third-order valence-electron chi connectivity index (χ3n) is 4.12. The van der Waals surface area contributed by atoms with Crippen molar-refractivity contribution >= 4 is 39.9 Å². The summed E-state index contributed by atoms with van der Waals surface area (Å²) >= 11 is 3.29. The molecule has 2 amide bonds. The lowest BCUT2D eigenvalue weighted by atomic mass is 10.2. The van der Waals surface area contributed by atoms with Crippen LogP contribution in [-0.4, -0.2) is 37.1 Å². The van der Waals surface area contributed by atoms with Crippen molar-refractivity contribution in [2.24, 2.45) is 5.10 Å². The molecular formula is C23H20BrN3O6. The molecule has 3 rings (SSSR count). The number of amides is 2. The number of ether oxygens (including phenoxy) is 2. The quantitative estimate of drug-likeness (QED) is 0.195. The summed E-state index contributed by atoms with van der Waals surface area (Å²) in [5, 5.41) is 6.40. The van der Waals surface area contributed by atoms with Crippen LogP contribution in [0.4, 0.5) is 0 Å². The Morgan fingerprint density at radius 3 is 2.64 bits per heavy atom. The average Bonchev–Trinajstić information content (AvgIpc) is 3.35. The Bertz CT molecular complexity index is 1160. The highest BCUT2D eigenvalue weighted by Gasteiger charge is 2.15. The number of benzene rings is 2. The van der Waals surface area contributed by atoms with Crippen molar-refractivity contribution in [3.8, 4) is 11.5 Å². The number of rotatable bonds is 9. The Balaban J connectivity index is 1.56. The Morgan fingerprint density at radius 2 is 1.91 bits per heavy atom. The Hall–Kier alpha value is -3.92. The summed E-state index contributed by atoms with van der Waals surface area (Å²) in [6.45, 7) is 1.89. The molecule has 170 valence electrons. The second kappa shape index (κ2) is 11.6. The van der Waals surface area contributed by atoms with Gasteiger partial charge in [-0.15, -0.1) is 0 Å². The monoisotopic (exact) mass is 513 g/mol. The minimum Gasteiger partial charge on any atom is -0.490 e. The van der Waals surface area contributed by atoms with Crippen LogP contribution in [0.25, 0.3) is 0 Å². The zero-order valence-corrected chi connectivity index (χ0v) is 19.1. The van der Waals surface area contributed by atoms with Gasteiger partial charge in [0.25, 0.3) is 11.8 Å². The lowest BCUT2D eigenvalue weighted by Gasteiger charge is -2.10. The molecule has 1 heterocycles. The van der Waals surface area contributed by atoms with Crippen molar-refractivity contribution in [3.05, 3.63) is 82.2 Å². The standard InChI is InChI=1S/C23H20BrN3O6/c1-2-31-20-12-15(9-10-18(20)33-23(30)19-8-5-11-32-19)13-26-27-21(28)14-25-22(29)16-6-3-4-7-17(16)24/h3-13H,2,14H2,1H3,(H,25,29)(H,27,28). The van der Waals surface area contributed by atoms with E-state index in [0.29, 0.717) is 28.0 Å². The number of furan rings is 1. The summed E-state index contributed by atoms with van der Waals surface area (Å²) in [5.74, 6) is -0.928. The highest BCUT2D eigenvalue weighted by molar-refractivity contribution is 9.10. The van der Waals surface area contributed by atoms with E-state index in [4.69, 9.17) is 13.9 Å². The zero-order valence-electron chi connectivity index (χ0n) is 17.5. The van der Waals surface area contributed by atoms with Gasteiger partial charge in [0, 0.05) is 4.47 Å². The number of carbonyl (C=O) groups excluding carboxylic acids is 3. The number of esters is 1. The second-order valence-corrected chi connectivity index (χ2v) is 7.32. The van der Waals surface area contributed by atoms with Gasteiger partial charge in [-0.25, -0.2) is 10.2 Å². The van der Waals surface area contributed by atoms with Gasteiger partial charge >= 0.3 is 5.97 Å². The fourth-order valence-corrected chi connectivity index (χ4v) is 3.09. The molecule has 0 atom stereocenters. The van der Waals surface area contributed by atoms with Gasteiger partial charge in [0.1, 0.15) is 0 Å². The van der Waals surface area contributed by atoms with Crippen LogP contribution in [-0.2, 0) is 4.79 Å². The zero-order chi connectivity index (χ0) is 23.6. The third kappa shape index (κ3) is 6.78. The highest BCUT2D eigenvalue weighted by atomic mass is 79.9. The van der Waals surface area contributed by atoms with E-state index >= 15 is 0 Å². The summed E-state index contributed by atoms with van der Waals surface area (Å²) in [6.07, 6.45) is 2.77. The first-order valence-electron chi connectivity index (χ1n) is 9.85. The van der Waals surface area contributed by atoms with E-state index in [1.165, 1.54) is 18.5 Å². The van der Waals surface area contributed by atoms with Crippen LogP contribution in [0.3, 0.4) is 0 Å². The van der Waals surface area contributed by atoms with E-state index in [1.807, 2.05) is 0 Å². The first-order chi connectivity index (χ1) is 16.0. The maximum atomic E-state index is 12.1. The Labute approximate surface area is 197 Å². The summed E-state index contributed by atoms with van der Waals surface area (Å²) in [4.78, 5) is 36.2. The van der Waals surface area contributed by atoms with E-state index in [2.05, 4.69) is 31.8 Å². The lowest BCUT2D eigenvalue weighted by molar-refractivity contribution is -0.120. The Morgan fingerprint density at radius 1 is 1.09 bits per heavy atom. The van der Waals surface area contributed by atoms with Crippen LogP contribution in [0.15, 0.2) is 74.9 Å². The molecule has 2 aromatic carbocycles. The molecule has 0 aliphatic carbocycles. The number of hydrogen-bond acceptors (Lipinski definition) is 7. The van der Waals surface area contributed by atoms with E-state index < -0.39 is 11.9 Å². The second-order valence-electron chi connectivity index (χ2n) is 6.46. The first kappa shape index (κ1) is 23.7. The number of halogens is 1. The van der Waals surface area contributed by atoms with Gasteiger partial charge in [0.15, 0.2) is 11.5 Å². The molecular weight excluding hydrogens is 494 g/mol. The van der Waals surface area contributed by atoms with E-state index in [0.717, 1.165) is 0 Å². The molecule has 33 heavy (non-hydrogen) atoms. The maximum Gasteiger partial charge on any atom is 0.379 e. The van der Waals surface area contributed by atoms with Crippen LogP contribution in [0.2, 0.25) is 0 Å². The third-order valence-corrected chi connectivity index (χ3v) is 4.81. The van der Waals surface area contributed by atoms with Gasteiger partial charge in [-0.05, 0) is 70.9 Å². The van der Waals surface area contributed by atoms with E-state index in [1.54, 1.807) is 55.5 Å². The largest absolute Gasteiger partial charge is 0.490 e. The van der Waals surface area contributed by atoms with Crippen molar-refractivity contribution in [1.82, 2.24) is 10.7 Å². The van der Waals surface area contributed by atoms with E-state index in [-0.39, 0.29) is 24.0 Å². The molecule has 0 fully saturated rings. The smallest absolute Gasteiger partial charge is 0.379 e. The van der Waals surface area contributed by atoms with Crippen molar-refractivity contribution in [2.45, 2.75) is 6.92 Å². The number of nitrogens with zero attached hydrogens (tertiary/aromatic N) is 1. The fraction of sp³-hybridized carbons (Fsp3) is 0.130. The van der Waals surface area contributed by atoms with Crippen molar-refractivity contribution in [2.75, 3.05) is 13.2 Å². The highest BCUT2D eigenvalue weighted by Crippen LogP contribution is 2.29. The summed E-state index contributed by atoms with van der Waals surface area (Å²) in [6, 6.07) is 14.8. The Kier molecular flexibility index (Phi) is 8.36. The van der Waals surface area contributed by atoms with Gasteiger partial charge in [-0.1, -0.05) is 12.1 Å². The van der Waals surface area contributed by atoms with Gasteiger partial charge in [0.2, 0.25) is 5.76 Å². The summed E-state index contributed by atoms with van der Waals surface area (Å²) in [5.41, 5.74) is 3.35. The minimum atomic E-state index is -0.654. The predicted molar refractivity (Wildman–Crippen MR) is 123 cm³/mol. The van der Waals surface area contributed by atoms with Gasteiger partial charge in [0.05, 0.1) is 31.2 Å². The molecule has 0 saturated heterocycles. The molecule has 0 unspecified atom stereocenters. The average molecular weight is 514 g/mol. The van der Waals surface area contributed by atoms with Crippen LogP contribution in [0, 0.1) is 0 Å². The van der Waals surface area contributed by atoms with E-state index in [9.17, 15) is 14.4 Å². The van der Waals surface area contributed by atoms with Crippen LogP contribution >= 0.6 is 15.9 Å². The van der Waals surface area contributed by atoms with Gasteiger partial charge in [-0.2, -0.15) is 5.10 Å². The SMILES string of the molecule is CCOc1cc(C=NNC(=O)CNC(=O)c2ccccc2Br)ccc1OC(=O)c1ccco1. The molecule has 9 nitrogen and oxygen atoms in total. The van der Waals surface area contributed by atoms with Crippen LogP contribution in [0.5, 0.6) is 11.5 Å². The minimum absolute atomic E-state index is 0.0671.